The number of carbonyl (C=O) groups excluding carboxylic acids is 1. The van der Waals surface area contributed by atoms with E-state index in [0.29, 0.717) is 34.5 Å². The van der Waals surface area contributed by atoms with E-state index in [-0.39, 0.29) is 16.8 Å². The number of aromatic amines is 1. The van der Waals surface area contributed by atoms with Gasteiger partial charge in [0.25, 0.3) is 5.91 Å². The number of amides is 1. The Hall–Kier alpha value is -3.55. The van der Waals surface area contributed by atoms with E-state index in [9.17, 15) is 19.1 Å². The lowest BCUT2D eigenvalue weighted by atomic mass is 10.0. The zero-order valence-electron chi connectivity index (χ0n) is 14.8. The molecule has 8 heteroatoms. The number of aromatic carboxylic acids is 1. The predicted octanol–water partition coefficient (Wildman–Crippen LogP) is 3.54. The number of carbonyl (C=O) groups is 2. The van der Waals surface area contributed by atoms with Crippen molar-refractivity contribution in [1.82, 2.24) is 15.0 Å². The molecule has 138 valence electrons. The summed E-state index contributed by atoms with van der Waals surface area (Å²) in [6.07, 6.45) is 1.88. The van der Waals surface area contributed by atoms with Gasteiger partial charge in [0.05, 0.1) is 22.3 Å². The molecule has 0 saturated heterocycles. The molecule has 0 aliphatic heterocycles. The van der Waals surface area contributed by atoms with Gasteiger partial charge in [0, 0.05) is 23.8 Å². The van der Waals surface area contributed by atoms with Crippen LogP contribution in [-0.2, 0) is 11.2 Å². The number of aromatic nitrogens is 3. The maximum absolute atomic E-state index is 14.1. The van der Waals surface area contributed by atoms with Crippen molar-refractivity contribution in [1.29, 1.82) is 0 Å². The van der Waals surface area contributed by atoms with Crippen molar-refractivity contribution in [2.24, 2.45) is 0 Å². The highest BCUT2D eigenvalue weighted by Crippen LogP contribution is 2.31. The van der Waals surface area contributed by atoms with E-state index in [1.165, 1.54) is 31.3 Å². The zero-order valence-corrected chi connectivity index (χ0v) is 14.8. The first-order valence-corrected chi connectivity index (χ1v) is 8.19. The van der Waals surface area contributed by atoms with Gasteiger partial charge in [0.15, 0.2) is 0 Å². The molecular weight excluding hydrogens is 351 g/mol. The SMILES string of the molecule is C=C(C)C(=O)Nc1cc(-c2nc(CC)nc3[nH]cc(C(=O)O)c23)ccc1F. The van der Waals surface area contributed by atoms with E-state index >= 15 is 0 Å². The summed E-state index contributed by atoms with van der Waals surface area (Å²) in [5.41, 5.74) is 1.39. The Morgan fingerprint density at radius 3 is 2.70 bits per heavy atom. The van der Waals surface area contributed by atoms with Crippen molar-refractivity contribution in [3.63, 3.8) is 0 Å². The van der Waals surface area contributed by atoms with E-state index < -0.39 is 17.7 Å². The number of benzene rings is 1. The Bertz CT molecular complexity index is 1090. The van der Waals surface area contributed by atoms with Gasteiger partial charge in [-0.1, -0.05) is 13.5 Å². The highest BCUT2D eigenvalue weighted by atomic mass is 19.1. The van der Waals surface area contributed by atoms with Crippen LogP contribution in [-0.4, -0.2) is 31.9 Å². The molecule has 0 fully saturated rings. The van der Waals surface area contributed by atoms with Crippen LogP contribution < -0.4 is 5.32 Å². The molecule has 0 radical (unpaired) electrons. The molecule has 0 atom stereocenters. The highest BCUT2D eigenvalue weighted by molar-refractivity contribution is 6.08. The fourth-order valence-electron chi connectivity index (χ4n) is 2.61. The van der Waals surface area contributed by atoms with Crippen molar-refractivity contribution in [2.45, 2.75) is 20.3 Å². The molecular formula is C19H17FN4O3. The number of hydrogen-bond acceptors (Lipinski definition) is 4. The normalized spacial score (nSPS) is 10.8. The van der Waals surface area contributed by atoms with Crippen LogP contribution in [0.15, 0.2) is 36.5 Å². The molecule has 1 amide bonds. The molecule has 3 rings (SSSR count). The largest absolute Gasteiger partial charge is 0.478 e. The van der Waals surface area contributed by atoms with E-state index in [0.717, 1.165) is 0 Å². The number of nitrogens with one attached hydrogen (secondary N) is 2. The van der Waals surface area contributed by atoms with Gasteiger partial charge in [-0.3, -0.25) is 4.79 Å². The number of nitrogens with zero attached hydrogens (tertiary/aromatic N) is 2. The summed E-state index contributed by atoms with van der Waals surface area (Å²) in [6.45, 7) is 6.91. The lowest BCUT2D eigenvalue weighted by molar-refractivity contribution is -0.112. The van der Waals surface area contributed by atoms with Crippen LogP contribution in [0.3, 0.4) is 0 Å². The van der Waals surface area contributed by atoms with Crippen LogP contribution in [0.25, 0.3) is 22.3 Å². The molecule has 2 aromatic heterocycles. The minimum atomic E-state index is -1.13. The van der Waals surface area contributed by atoms with E-state index in [2.05, 4.69) is 26.8 Å². The Labute approximate surface area is 154 Å². The lowest BCUT2D eigenvalue weighted by Gasteiger charge is -2.10. The molecule has 0 aliphatic rings. The van der Waals surface area contributed by atoms with Crippen LogP contribution in [0.5, 0.6) is 0 Å². The Kier molecular flexibility index (Phi) is 4.72. The van der Waals surface area contributed by atoms with E-state index in [1.807, 2.05) is 6.92 Å². The molecule has 0 unspecified atom stereocenters. The van der Waals surface area contributed by atoms with E-state index in [4.69, 9.17) is 0 Å². The summed E-state index contributed by atoms with van der Waals surface area (Å²) in [6, 6.07) is 4.08. The van der Waals surface area contributed by atoms with Gasteiger partial charge >= 0.3 is 5.97 Å². The summed E-state index contributed by atoms with van der Waals surface area (Å²) in [4.78, 5) is 35.0. The molecule has 7 nitrogen and oxygen atoms in total. The number of anilines is 1. The summed E-state index contributed by atoms with van der Waals surface area (Å²) in [5, 5.41) is 12.2. The van der Waals surface area contributed by atoms with Crippen molar-refractivity contribution in [2.75, 3.05) is 5.32 Å². The number of rotatable bonds is 5. The minimum absolute atomic E-state index is 0.0134. The molecule has 0 saturated carbocycles. The standard InChI is InChI=1S/C19H17FN4O3/c1-4-14-23-16(15-11(19(26)27)8-21-17(15)24-14)10-5-6-12(20)13(7-10)22-18(25)9(2)3/h5-8H,2,4H2,1,3H3,(H,22,25)(H,26,27)(H,21,23,24). The molecule has 0 spiro atoms. The van der Waals surface area contributed by atoms with Crippen LogP contribution in [0, 0.1) is 5.82 Å². The monoisotopic (exact) mass is 368 g/mol. The lowest BCUT2D eigenvalue weighted by Crippen LogP contribution is -2.13. The number of halogens is 1. The number of fused-ring (bicyclic) bond motifs is 1. The summed E-state index contributed by atoms with van der Waals surface area (Å²) < 4.78 is 14.1. The number of carboxylic acids is 1. The van der Waals surface area contributed by atoms with Gasteiger partial charge in [-0.25, -0.2) is 19.2 Å². The van der Waals surface area contributed by atoms with Crippen LogP contribution in [0.1, 0.15) is 30.0 Å². The molecule has 0 aliphatic carbocycles. The number of aryl methyl sites for hydroxylation is 1. The zero-order chi connectivity index (χ0) is 19.7. The van der Waals surface area contributed by atoms with E-state index in [1.54, 1.807) is 0 Å². The Morgan fingerprint density at radius 2 is 2.07 bits per heavy atom. The Balaban J connectivity index is 2.22. The maximum Gasteiger partial charge on any atom is 0.338 e. The average Bonchev–Trinajstić information content (AvgIpc) is 3.06. The molecule has 2 heterocycles. The average molecular weight is 368 g/mol. The van der Waals surface area contributed by atoms with Crippen molar-refractivity contribution >= 4 is 28.6 Å². The predicted molar refractivity (Wildman–Crippen MR) is 99.1 cm³/mol. The van der Waals surface area contributed by atoms with Crippen molar-refractivity contribution < 1.29 is 19.1 Å². The minimum Gasteiger partial charge on any atom is -0.478 e. The van der Waals surface area contributed by atoms with Gasteiger partial charge in [-0.15, -0.1) is 0 Å². The van der Waals surface area contributed by atoms with Gasteiger partial charge in [0.1, 0.15) is 17.3 Å². The first-order chi connectivity index (χ1) is 12.8. The van der Waals surface area contributed by atoms with Gasteiger partial charge in [-0.05, 0) is 25.1 Å². The molecule has 3 N–H and O–H groups in total. The third-order valence-electron chi connectivity index (χ3n) is 4.00. The molecule has 3 aromatic rings. The Morgan fingerprint density at radius 1 is 1.33 bits per heavy atom. The van der Waals surface area contributed by atoms with Gasteiger partial charge < -0.3 is 15.4 Å². The summed E-state index contributed by atoms with van der Waals surface area (Å²) >= 11 is 0. The van der Waals surface area contributed by atoms with Crippen molar-refractivity contribution in [3.05, 3.63) is 53.8 Å². The van der Waals surface area contributed by atoms with Crippen LogP contribution >= 0.6 is 0 Å². The topological polar surface area (TPSA) is 108 Å². The van der Waals surface area contributed by atoms with Gasteiger partial charge in [-0.2, -0.15) is 0 Å². The second-order valence-electron chi connectivity index (χ2n) is 6.00. The summed E-state index contributed by atoms with van der Waals surface area (Å²) in [7, 11) is 0. The summed E-state index contributed by atoms with van der Waals surface area (Å²) in [5.74, 6) is -1.76. The first-order valence-electron chi connectivity index (χ1n) is 8.19. The van der Waals surface area contributed by atoms with Crippen LogP contribution in [0.4, 0.5) is 10.1 Å². The quantitative estimate of drug-likeness (QED) is 0.597. The smallest absolute Gasteiger partial charge is 0.338 e. The fraction of sp³-hybridized carbons (Fsp3) is 0.158. The third-order valence-corrected chi connectivity index (χ3v) is 4.00. The number of H-pyrrole nitrogens is 1. The molecule has 0 bridgehead atoms. The highest BCUT2D eigenvalue weighted by Gasteiger charge is 2.20. The fourth-order valence-corrected chi connectivity index (χ4v) is 2.61. The first kappa shape index (κ1) is 18.2. The van der Waals surface area contributed by atoms with Crippen LogP contribution in [0.2, 0.25) is 0 Å². The molecule has 1 aromatic carbocycles. The third kappa shape index (κ3) is 3.41. The number of hydrogen-bond donors (Lipinski definition) is 3. The maximum atomic E-state index is 14.1. The molecule has 27 heavy (non-hydrogen) atoms. The number of carboxylic acid groups (broad SMARTS) is 1. The van der Waals surface area contributed by atoms with Crippen molar-refractivity contribution in [3.8, 4) is 11.3 Å². The second-order valence-corrected chi connectivity index (χ2v) is 6.00. The van der Waals surface area contributed by atoms with Gasteiger partial charge in [0.2, 0.25) is 0 Å². The second kappa shape index (κ2) is 6.99.